The summed E-state index contributed by atoms with van der Waals surface area (Å²) in [7, 11) is 0. The number of nitrogens with zero attached hydrogens (tertiary/aromatic N) is 3. The van der Waals surface area contributed by atoms with E-state index in [1.807, 2.05) is 10.9 Å². The molecule has 0 bridgehead atoms. The summed E-state index contributed by atoms with van der Waals surface area (Å²) in [5.74, 6) is 0.671. The molecule has 2 rings (SSSR count). The number of hydrogen-bond donors (Lipinski definition) is 0. The van der Waals surface area contributed by atoms with Crippen LogP contribution in [0, 0.1) is 0 Å². The molecule has 2 aromatic rings. The van der Waals surface area contributed by atoms with Gasteiger partial charge in [-0.05, 0) is 45.8 Å². The third-order valence-corrected chi connectivity index (χ3v) is 3.94. The van der Waals surface area contributed by atoms with E-state index in [9.17, 15) is 0 Å². The van der Waals surface area contributed by atoms with E-state index in [4.69, 9.17) is 11.6 Å². The van der Waals surface area contributed by atoms with Crippen molar-refractivity contribution in [3.63, 3.8) is 0 Å². The molecule has 3 nitrogen and oxygen atoms in total. The van der Waals surface area contributed by atoms with Gasteiger partial charge in [0.1, 0.15) is 0 Å². The molecule has 0 radical (unpaired) electrons. The number of halogens is 2. The van der Waals surface area contributed by atoms with Crippen molar-refractivity contribution < 1.29 is 0 Å². The van der Waals surface area contributed by atoms with Crippen LogP contribution in [0.5, 0.6) is 0 Å². The van der Waals surface area contributed by atoms with Crippen LogP contribution in [0.15, 0.2) is 21.4 Å². The van der Waals surface area contributed by atoms with Gasteiger partial charge in [0.15, 0.2) is 0 Å². The molecule has 2 heterocycles. The van der Waals surface area contributed by atoms with Crippen molar-refractivity contribution in [2.75, 3.05) is 5.88 Å². The van der Waals surface area contributed by atoms with Crippen molar-refractivity contribution in [1.82, 2.24) is 15.0 Å². The molecule has 0 aliphatic heterocycles. The van der Waals surface area contributed by atoms with Crippen molar-refractivity contribution >= 4 is 38.9 Å². The second-order valence-corrected chi connectivity index (χ2v) is 6.13. The molecule has 16 heavy (non-hydrogen) atoms. The third-order valence-electron chi connectivity index (χ3n) is 2.12. The van der Waals surface area contributed by atoms with Gasteiger partial charge in [-0.15, -0.1) is 28.0 Å². The smallest absolute Gasteiger partial charge is 0.0827 e. The fraction of sp³-hybridized carbons (Fsp3) is 0.400. The molecular formula is C10H11BrClN3S. The summed E-state index contributed by atoms with van der Waals surface area (Å²) >= 11 is 10.8. The molecule has 0 saturated heterocycles. The normalized spacial score (nSPS) is 10.9. The first kappa shape index (κ1) is 12.1. The predicted molar refractivity (Wildman–Crippen MR) is 70.2 cm³/mol. The van der Waals surface area contributed by atoms with Crippen LogP contribution in [-0.4, -0.2) is 20.9 Å². The lowest BCUT2D eigenvalue weighted by Crippen LogP contribution is -1.98. The average molecular weight is 321 g/mol. The minimum Gasteiger partial charge on any atom is -0.248 e. The summed E-state index contributed by atoms with van der Waals surface area (Å²) < 4.78 is 3.00. The van der Waals surface area contributed by atoms with Crippen LogP contribution >= 0.6 is 38.9 Å². The van der Waals surface area contributed by atoms with Crippen LogP contribution in [0.25, 0.3) is 0 Å². The van der Waals surface area contributed by atoms with Gasteiger partial charge in [0.25, 0.3) is 0 Å². The first-order valence-electron chi connectivity index (χ1n) is 4.96. The minimum atomic E-state index is 0.671. The Morgan fingerprint density at radius 2 is 2.38 bits per heavy atom. The molecule has 0 aliphatic rings. The number of thiophene rings is 1. The third kappa shape index (κ3) is 3.30. The molecule has 2 aromatic heterocycles. The topological polar surface area (TPSA) is 30.7 Å². The quantitative estimate of drug-likeness (QED) is 0.791. The van der Waals surface area contributed by atoms with E-state index in [1.54, 1.807) is 11.3 Å². The maximum atomic E-state index is 5.63. The monoisotopic (exact) mass is 319 g/mol. The van der Waals surface area contributed by atoms with Gasteiger partial charge in [-0.2, -0.15) is 0 Å². The van der Waals surface area contributed by atoms with Gasteiger partial charge in [0.2, 0.25) is 0 Å². The van der Waals surface area contributed by atoms with Gasteiger partial charge >= 0.3 is 0 Å². The highest BCUT2D eigenvalue weighted by Gasteiger charge is 2.02. The van der Waals surface area contributed by atoms with Crippen molar-refractivity contribution in [3.8, 4) is 0 Å². The zero-order chi connectivity index (χ0) is 11.4. The van der Waals surface area contributed by atoms with Crippen molar-refractivity contribution in [2.24, 2.45) is 0 Å². The van der Waals surface area contributed by atoms with E-state index in [0.29, 0.717) is 5.88 Å². The molecule has 0 N–H and O–H groups in total. The summed E-state index contributed by atoms with van der Waals surface area (Å²) in [6.45, 7) is 0.774. The van der Waals surface area contributed by atoms with Crippen LogP contribution in [0.2, 0.25) is 0 Å². The highest BCUT2D eigenvalue weighted by molar-refractivity contribution is 9.11. The first-order chi connectivity index (χ1) is 7.78. The Kier molecular flexibility index (Phi) is 4.37. The van der Waals surface area contributed by atoms with Gasteiger partial charge < -0.3 is 0 Å². The summed E-state index contributed by atoms with van der Waals surface area (Å²) in [6, 6.07) is 2.10. The Morgan fingerprint density at radius 1 is 1.50 bits per heavy atom. The molecule has 0 unspecified atom stereocenters. The van der Waals surface area contributed by atoms with Crippen LogP contribution in [0.1, 0.15) is 17.7 Å². The van der Waals surface area contributed by atoms with Crippen LogP contribution in [0.3, 0.4) is 0 Å². The maximum Gasteiger partial charge on any atom is 0.0827 e. The van der Waals surface area contributed by atoms with Crippen molar-refractivity contribution in [1.29, 1.82) is 0 Å². The van der Waals surface area contributed by atoms with Gasteiger partial charge in [-0.3, -0.25) is 0 Å². The predicted octanol–water partition coefficient (Wildman–Crippen LogP) is 3.32. The Bertz CT molecular complexity index is 454. The highest BCUT2D eigenvalue weighted by atomic mass is 79.9. The average Bonchev–Trinajstić information content (AvgIpc) is 2.86. The summed E-state index contributed by atoms with van der Waals surface area (Å²) in [4.78, 5) is 0. The van der Waals surface area contributed by atoms with Crippen LogP contribution in [0.4, 0.5) is 0 Å². The van der Waals surface area contributed by atoms with Crippen molar-refractivity contribution in [2.45, 2.75) is 19.4 Å². The standard InChI is InChI=1S/C10H11BrClN3S/c11-10-4-8(7-16-10)5-15-6-9(13-14-15)2-1-3-12/h4,6-7H,1-3,5H2. The fourth-order valence-corrected chi connectivity index (χ4v) is 2.73. The van der Waals surface area contributed by atoms with E-state index in [2.05, 4.69) is 37.7 Å². The molecule has 0 saturated carbocycles. The molecular weight excluding hydrogens is 310 g/mol. The largest absolute Gasteiger partial charge is 0.248 e. The van der Waals surface area contributed by atoms with Crippen LogP contribution < -0.4 is 0 Å². The van der Waals surface area contributed by atoms with E-state index in [1.165, 1.54) is 5.56 Å². The number of rotatable bonds is 5. The first-order valence-corrected chi connectivity index (χ1v) is 7.16. The van der Waals surface area contributed by atoms with E-state index >= 15 is 0 Å². The zero-order valence-corrected chi connectivity index (χ0v) is 11.7. The maximum absolute atomic E-state index is 5.63. The zero-order valence-electron chi connectivity index (χ0n) is 8.57. The Hall–Kier alpha value is -0.390. The summed E-state index contributed by atoms with van der Waals surface area (Å²) in [5, 5.41) is 10.3. The number of aryl methyl sites for hydroxylation is 1. The molecule has 6 heteroatoms. The molecule has 0 atom stereocenters. The number of aromatic nitrogens is 3. The SMILES string of the molecule is ClCCCc1cn(Cc2csc(Br)c2)nn1. The minimum absolute atomic E-state index is 0.671. The second-order valence-electron chi connectivity index (χ2n) is 3.46. The molecule has 0 aliphatic carbocycles. The Morgan fingerprint density at radius 3 is 3.06 bits per heavy atom. The lowest BCUT2D eigenvalue weighted by molar-refractivity contribution is 0.650. The molecule has 0 spiro atoms. The summed E-state index contributed by atoms with van der Waals surface area (Å²) in [6.07, 6.45) is 3.83. The second kappa shape index (κ2) is 5.80. The van der Waals surface area contributed by atoms with E-state index in [-0.39, 0.29) is 0 Å². The van der Waals surface area contributed by atoms with Crippen molar-refractivity contribution in [3.05, 3.63) is 32.7 Å². The lowest BCUT2D eigenvalue weighted by atomic mass is 10.3. The highest BCUT2D eigenvalue weighted by Crippen LogP contribution is 2.21. The number of hydrogen-bond acceptors (Lipinski definition) is 3. The Labute approximate surface area is 112 Å². The van der Waals surface area contributed by atoms with Crippen LogP contribution in [-0.2, 0) is 13.0 Å². The van der Waals surface area contributed by atoms with Gasteiger partial charge in [0, 0.05) is 12.1 Å². The Balaban J connectivity index is 1.97. The van der Waals surface area contributed by atoms with Gasteiger partial charge in [-0.25, -0.2) is 4.68 Å². The molecule has 86 valence electrons. The summed E-state index contributed by atoms with van der Waals surface area (Å²) in [5.41, 5.74) is 2.25. The lowest BCUT2D eigenvalue weighted by Gasteiger charge is -1.95. The number of alkyl halides is 1. The fourth-order valence-electron chi connectivity index (χ4n) is 1.39. The molecule has 0 aromatic carbocycles. The molecule has 0 amide bonds. The van der Waals surface area contributed by atoms with Gasteiger partial charge in [-0.1, -0.05) is 5.21 Å². The molecule has 0 fully saturated rings. The van der Waals surface area contributed by atoms with E-state index in [0.717, 1.165) is 28.9 Å². The van der Waals surface area contributed by atoms with E-state index < -0.39 is 0 Å². The van der Waals surface area contributed by atoms with Gasteiger partial charge in [0.05, 0.1) is 16.0 Å².